The molecule has 6 rings (SSSR count). The predicted molar refractivity (Wildman–Crippen MR) is 98.5 cm³/mol. The maximum Gasteiger partial charge on any atom is 0.347 e. The molecule has 25 heavy (non-hydrogen) atoms. The van der Waals surface area contributed by atoms with E-state index in [0.29, 0.717) is 0 Å². The molecule has 11 heteroatoms. The SMILES string of the molecule is Cn1c(=O)n2n(c1=O)[C@H]1C=C[C@@H]2[C@H]2[C@@H]1[C@@]1(Cl)C(Cl)=C(Cl)[C@]2(Cl)C1(Cl)Cl. The van der Waals surface area contributed by atoms with E-state index in [9.17, 15) is 9.59 Å². The first-order chi connectivity index (χ1) is 11.5. The molecule has 0 saturated heterocycles. The van der Waals surface area contributed by atoms with Gasteiger partial charge in [-0.05, 0) is 0 Å². The zero-order valence-corrected chi connectivity index (χ0v) is 16.9. The highest BCUT2D eigenvalue weighted by Crippen LogP contribution is 2.80. The Kier molecular flexibility index (Phi) is 3.08. The van der Waals surface area contributed by atoms with E-state index in [2.05, 4.69) is 0 Å². The molecule has 4 bridgehead atoms. The van der Waals surface area contributed by atoms with Crippen LogP contribution in [0.3, 0.4) is 0 Å². The van der Waals surface area contributed by atoms with Gasteiger partial charge >= 0.3 is 11.4 Å². The maximum atomic E-state index is 12.6. The van der Waals surface area contributed by atoms with E-state index >= 15 is 0 Å². The lowest BCUT2D eigenvalue weighted by molar-refractivity contribution is 0.0973. The number of aromatic nitrogens is 3. The van der Waals surface area contributed by atoms with E-state index in [1.807, 2.05) is 12.2 Å². The number of rotatable bonds is 0. The molecular weight excluding hydrogens is 455 g/mol. The molecule has 0 N–H and O–H groups in total. The molecule has 3 heterocycles. The van der Waals surface area contributed by atoms with Gasteiger partial charge in [-0.1, -0.05) is 58.6 Å². The Morgan fingerprint density at radius 3 is 1.56 bits per heavy atom. The van der Waals surface area contributed by atoms with E-state index in [0.717, 1.165) is 4.57 Å². The highest BCUT2D eigenvalue weighted by Gasteiger charge is 2.85. The minimum Gasteiger partial charge on any atom is -0.246 e. The lowest BCUT2D eigenvalue weighted by Crippen LogP contribution is -2.55. The monoisotopic (exact) mass is 461 g/mol. The molecule has 0 unspecified atom stereocenters. The predicted octanol–water partition coefficient (Wildman–Crippen LogP) is 3.09. The Hall–Kier alpha value is -0.0400. The molecule has 1 aromatic rings. The Morgan fingerprint density at radius 2 is 1.20 bits per heavy atom. The van der Waals surface area contributed by atoms with Gasteiger partial charge in [-0.15, -0.1) is 23.2 Å². The van der Waals surface area contributed by atoms with E-state index in [1.54, 1.807) is 0 Å². The highest BCUT2D eigenvalue weighted by atomic mass is 35.5. The van der Waals surface area contributed by atoms with Gasteiger partial charge in [0.15, 0.2) is 4.33 Å². The molecular formula is C14H9Cl6N3O2. The van der Waals surface area contributed by atoms with Gasteiger partial charge in [0.25, 0.3) is 0 Å². The fraction of sp³-hybridized carbons (Fsp3) is 0.571. The average molecular weight is 464 g/mol. The van der Waals surface area contributed by atoms with Crippen molar-refractivity contribution in [2.24, 2.45) is 18.9 Å². The van der Waals surface area contributed by atoms with Crippen LogP contribution in [0.5, 0.6) is 0 Å². The summed E-state index contributed by atoms with van der Waals surface area (Å²) in [5, 5.41) is 0.187. The van der Waals surface area contributed by atoms with Crippen molar-refractivity contribution in [3.63, 3.8) is 0 Å². The van der Waals surface area contributed by atoms with Crippen LogP contribution < -0.4 is 11.4 Å². The van der Waals surface area contributed by atoms with E-state index in [-0.39, 0.29) is 10.1 Å². The van der Waals surface area contributed by atoms with Crippen molar-refractivity contribution in [2.45, 2.75) is 26.2 Å². The summed E-state index contributed by atoms with van der Waals surface area (Å²) < 4.78 is 2.10. The van der Waals surface area contributed by atoms with E-state index in [1.165, 1.54) is 16.4 Å². The van der Waals surface area contributed by atoms with Gasteiger partial charge in [0.1, 0.15) is 9.75 Å². The van der Waals surface area contributed by atoms with Crippen LogP contribution >= 0.6 is 69.6 Å². The molecule has 1 saturated carbocycles. The summed E-state index contributed by atoms with van der Waals surface area (Å²) in [6, 6.07) is -1.13. The molecule has 0 amide bonds. The van der Waals surface area contributed by atoms with Crippen molar-refractivity contribution >= 4 is 69.6 Å². The Balaban J connectivity index is 1.89. The summed E-state index contributed by atoms with van der Waals surface area (Å²) in [4.78, 5) is 22.2. The third-order valence-corrected chi connectivity index (χ3v) is 10.3. The van der Waals surface area contributed by atoms with Crippen molar-refractivity contribution in [1.29, 1.82) is 0 Å². The first kappa shape index (κ1) is 17.1. The van der Waals surface area contributed by atoms with Crippen LogP contribution in [0.4, 0.5) is 0 Å². The highest BCUT2D eigenvalue weighted by molar-refractivity contribution is 6.65. The topological polar surface area (TPSA) is 48.9 Å². The molecule has 2 aliphatic heterocycles. The lowest BCUT2D eigenvalue weighted by atomic mass is 9.69. The summed E-state index contributed by atoms with van der Waals surface area (Å²) in [6.07, 6.45) is 3.64. The number of hydrogen-bond acceptors (Lipinski definition) is 2. The molecule has 0 aromatic carbocycles. The smallest absolute Gasteiger partial charge is 0.246 e. The van der Waals surface area contributed by atoms with Crippen molar-refractivity contribution in [3.05, 3.63) is 43.2 Å². The molecule has 0 spiro atoms. The van der Waals surface area contributed by atoms with Crippen LogP contribution in [-0.2, 0) is 7.05 Å². The molecule has 5 nitrogen and oxygen atoms in total. The molecule has 1 aromatic heterocycles. The van der Waals surface area contributed by atoms with Gasteiger partial charge in [-0.2, -0.15) is 0 Å². The molecule has 3 aliphatic carbocycles. The Morgan fingerprint density at radius 1 is 0.840 bits per heavy atom. The van der Waals surface area contributed by atoms with E-state index < -0.39 is 49.4 Å². The largest absolute Gasteiger partial charge is 0.347 e. The second-order valence-corrected chi connectivity index (χ2v) is 10.1. The zero-order valence-electron chi connectivity index (χ0n) is 12.4. The van der Waals surface area contributed by atoms with Crippen molar-refractivity contribution < 1.29 is 0 Å². The van der Waals surface area contributed by atoms with Crippen LogP contribution in [0.25, 0.3) is 0 Å². The minimum atomic E-state index is -1.70. The summed E-state index contributed by atoms with van der Waals surface area (Å²) >= 11 is 39.9. The number of allylic oxidation sites excluding steroid dienone is 4. The summed E-state index contributed by atoms with van der Waals surface area (Å²) in [5.41, 5.74) is -0.897. The van der Waals surface area contributed by atoms with Gasteiger partial charge in [0.2, 0.25) is 0 Å². The second kappa shape index (κ2) is 4.50. The molecule has 134 valence electrons. The van der Waals surface area contributed by atoms with Crippen LogP contribution in [0.2, 0.25) is 0 Å². The fourth-order valence-electron chi connectivity index (χ4n) is 5.01. The number of nitrogens with zero attached hydrogens (tertiary/aromatic N) is 3. The second-order valence-electron chi connectivity index (χ2n) is 6.86. The number of fused-ring (bicyclic) bond motifs is 2. The number of halogens is 6. The summed E-state index contributed by atoms with van der Waals surface area (Å²) in [5.74, 6) is -0.989. The average Bonchev–Trinajstić information content (AvgIpc) is 2.95. The van der Waals surface area contributed by atoms with Crippen LogP contribution in [0.1, 0.15) is 12.1 Å². The number of hydrogen-bond donors (Lipinski definition) is 0. The fourth-order valence-corrected chi connectivity index (χ4v) is 8.08. The first-order valence-electron chi connectivity index (χ1n) is 7.43. The van der Waals surface area contributed by atoms with Crippen molar-refractivity contribution in [3.8, 4) is 0 Å². The third-order valence-electron chi connectivity index (χ3n) is 6.06. The van der Waals surface area contributed by atoms with Crippen molar-refractivity contribution in [1.82, 2.24) is 13.9 Å². The standard InChI is InChI=1S/C14H9Cl6N3O2/c1-21-10(24)22-4-2-3-5(23(22)11(21)25)7-6(4)12(17)8(15)9(16)13(7,18)14(12,19)20/h2-7H,1H3/t4-,5+,6+,7-,12+,13-. The van der Waals surface area contributed by atoms with Crippen molar-refractivity contribution in [2.75, 3.05) is 0 Å². The molecule has 0 radical (unpaired) electrons. The Bertz CT molecular complexity index is 959. The Labute approximate surface area is 171 Å². The van der Waals surface area contributed by atoms with Gasteiger partial charge in [-0.25, -0.2) is 23.5 Å². The van der Waals surface area contributed by atoms with E-state index in [4.69, 9.17) is 69.6 Å². The summed E-state index contributed by atoms with van der Waals surface area (Å²) in [7, 11) is 1.42. The normalized spacial score (nSPS) is 45.2. The van der Waals surface area contributed by atoms with Gasteiger partial charge < -0.3 is 0 Å². The number of alkyl halides is 4. The maximum absolute atomic E-state index is 12.6. The zero-order chi connectivity index (χ0) is 18.3. The quantitative estimate of drug-likeness (QED) is 0.438. The minimum absolute atomic E-state index is 0.0934. The third kappa shape index (κ3) is 1.40. The molecule has 5 aliphatic rings. The lowest BCUT2D eigenvalue weighted by Gasteiger charge is -2.50. The van der Waals surface area contributed by atoms with Crippen LogP contribution in [0.15, 0.2) is 31.8 Å². The van der Waals surface area contributed by atoms with Gasteiger partial charge in [-0.3, -0.25) is 0 Å². The van der Waals surface area contributed by atoms with Crippen LogP contribution in [-0.4, -0.2) is 28.0 Å². The van der Waals surface area contributed by atoms with Gasteiger partial charge in [0, 0.05) is 18.9 Å². The summed E-state index contributed by atoms with van der Waals surface area (Å²) in [6.45, 7) is 0. The first-order valence-corrected chi connectivity index (χ1v) is 9.70. The molecule has 1 fully saturated rings. The van der Waals surface area contributed by atoms with Crippen LogP contribution in [0, 0.1) is 11.8 Å². The molecule has 6 atom stereocenters. The van der Waals surface area contributed by atoms with Gasteiger partial charge in [0.05, 0.1) is 22.1 Å².